The van der Waals surface area contributed by atoms with E-state index in [-0.39, 0.29) is 11.5 Å². The third kappa shape index (κ3) is 4.25. The molecule has 1 unspecified atom stereocenters. The zero-order chi connectivity index (χ0) is 19.8. The second kappa shape index (κ2) is 7.73. The van der Waals surface area contributed by atoms with Crippen LogP contribution in [0.4, 0.5) is 0 Å². The minimum Gasteiger partial charge on any atom is -0.591 e. The fourth-order valence-corrected chi connectivity index (χ4v) is 3.78. The van der Waals surface area contributed by atoms with Gasteiger partial charge in [0.2, 0.25) is 0 Å². The Hall–Kier alpha value is -1.70. The molecule has 3 rings (SSSR count). The van der Waals surface area contributed by atoms with Gasteiger partial charge >= 0.3 is 0 Å². The molecule has 0 aliphatic carbocycles. The van der Waals surface area contributed by atoms with Gasteiger partial charge in [-0.3, -0.25) is 9.36 Å². The van der Waals surface area contributed by atoms with E-state index in [1.807, 2.05) is 39.8 Å². The maximum Gasteiger partial charge on any atom is 0.261 e. The Labute approximate surface area is 163 Å². The molecule has 27 heavy (non-hydrogen) atoms. The SMILES string of the molecule is Cc1cc(C=N[S+]([O-])C(C)(C)C)c2nc(C3CCOCC3)n(C)c(=O)c2c1. The lowest BCUT2D eigenvalue weighted by atomic mass is 9.98. The predicted octanol–water partition coefficient (Wildman–Crippen LogP) is 3.02. The quantitative estimate of drug-likeness (QED) is 0.597. The zero-order valence-electron chi connectivity index (χ0n) is 16.6. The Morgan fingerprint density at radius 2 is 2.00 bits per heavy atom. The van der Waals surface area contributed by atoms with E-state index in [0.717, 1.165) is 29.8 Å². The average molecular weight is 390 g/mol. The Bertz CT molecular complexity index is 925. The smallest absolute Gasteiger partial charge is 0.261 e. The van der Waals surface area contributed by atoms with Crippen LogP contribution in [-0.4, -0.2) is 38.3 Å². The van der Waals surface area contributed by atoms with Gasteiger partial charge in [-0.15, -0.1) is 0 Å². The molecule has 1 saturated heterocycles. The molecular formula is C20H27N3O3S. The summed E-state index contributed by atoms with van der Waals surface area (Å²) >= 11 is -1.36. The van der Waals surface area contributed by atoms with Crippen molar-refractivity contribution in [3.63, 3.8) is 0 Å². The third-order valence-corrected chi connectivity index (χ3v) is 6.13. The van der Waals surface area contributed by atoms with Gasteiger partial charge in [-0.1, -0.05) is 4.40 Å². The Balaban J connectivity index is 2.15. The van der Waals surface area contributed by atoms with Crippen molar-refractivity contribution >= 4 is 28.5 Å². The second-order valence-electron chi connectivity index (χ2n) is 8.07. The van der Waals surface area contributed by atoms with Crippen molar-refractivity contribution in [2.45, 2.75) is 51.2 Å². The van der Waals surface area contributed by atoms with Crippen LogP contribution in [0.1, 0.15) is 56.5 Å². The van der Waals surface area contributed by atoms with Crippen molar-refractivity contribution in [1.29, 1.82) is 0 Å². The number of benzene rings is 1. The van der Waals surface area contributed by atoms with E-state index in [2.05, 4.69) is 4.40 Å². The number of rotatable bonds is 3. The first kappa shape index (κ1) is 20.0. The number of nitrogens with zero attached hydrogens (tertiary/aromatic N) is 3. The summed E-state index contributed by atoms with van der Waals surface area (Å²) in [5.74, 6) is 0.988. The van der Waals surface area contributed by atoms with Gasteiger partial charge in [0.1, 0.15) is 21.9 Å². The van der Waals surface area contributed by atoms with Crippen LogP contribution in [0, 0.1) is 6.92 Å². The zero-order valence-corrected chi connectivity index (χ0v) is 17.4. The van der Waals surface area contributed by atoms with E-state index in [9.17, 15) is 9.35 Å². The van der Waals surface area contributed by atoms with Crippen LogP contribution in [0.2, 0.25) is 0 Å². The first-order valence-corrected chi connectivity index (χ1v) is 10.3. The summed E-state index contributed by atoms with van der Waals surface area (Å²) < 4.78 is 23.2. The van der Waals surface area contributed by atoms with E-state index in [1.165, 1.54) is 0 Å². The van der Waals surface area contributed by atoms with Gasteiger partial charge in [0, 0.05) is 31.7 Å². The Kier molecular flexibility index (Phi) is 5.74. The molecule has 0 spiro atoms. The molecule has 146 valence electrons. The molecule has 1 aliphatic rings. The molecule has 0 saturated carbocycles. The second-order valence-corrected chi connectivity index (χ2v) is 10.0. The van der Waals surface area contributed by atoms with E-state index >= 15 is 0 Å². The highest BCUT2D eigenvalue weighted by molar-refractivity contribution is 7.91. The first-order valence-electron chi connectivity index (χ1n) is 9.23. The van der Waals surface area contributed by atoms with Crippen LogP contribution in [-0.2, 0) is 23.1 Å². The summed E-state index contributed by atoms with van der Waals surface area (Å²) in [6.07, 6.45) is 3.31. The van der Waals surface area contributed by atoms with Crippen molar-refractivity contribution in [2.24, 2.45) is 11.4 Å². The van der Waals surface area contributed by atoms with Crippen LogP contribution in [0.5, 0.6) is 0 Å². The van der Waals surface area contributed by atoms with E-state index < -0.39 is 16.1 Å². The van der Waals surface area contributed by atoms with Crippen molar-refractivity contribution in [3.8, 4) is 0 Å². The number of fused-ring (bicyclic) bond motifs is 1. The number of hydrogen-bond acceptors (Lipinski definition) is 5. The van der Waals surface area contributed by atoms with Crippen molar-refractivity contribution in [2.75, 3.05) is 13.2 Å². The fourth-order valence-electron chi connectivity index (χ4n) is 3.25. The van der Waals surface area contributed by atoms with Crippen LogP contribution in [0.3, 0.4) is 0 Å². The van der Waals surface area contributed by atoms with Gasteiger partial charge in [0.15, 0.2) is 0 Å². The molecule has 1 aromatic carbocycles. The van der Waals surface area contributed by atoms with Gasteiger partial charge in [0.05, 0.1) is 17.1 Å². The summed E-state index contributed by atoms with van der Waals surface area (Å²) in [5, 5.41) is 0.566. The molecule has 0 radical (unpaired) electrons. The standard InChI is InChI=1S/C20H27N3O3S/c1-13-10-15(12-21-27(25)20(2,3)4)17-16(11-13)19(24)23(5)18(22-17)14-6-8-26-9-7-14/h10-12,14H,6-9H2,1-5H3. The Morgan fingerprint density at radius 1 is 1.33 bits per heavy atom. The molecule has 1 fully saturated rings. The fraction of sp³-hybridized carbons (Fsp3) is 0.550. The normalized spacial score (nSPS) is 17.7. The third-order valence-electron chi connectivity index (χ3n) is 4.79. The van der Waals surface area contributed by atoms with E-state index in [1.54, 1.807) is 17.8 Å². The first-order chi connectivity index (χ1) is 12.7. The van der Waals surface area contributed by atoms with Gasteiger partial charge < -0.3 is 9.29 Å². The summed E-state index contributed by atoms with van der Waals surface area (Å²) in [7, 11) is 1.78. The van der Waals surface area contributed by atoms with Crippen LogP contribution >= 0.6 is 0 Å². The lowest BCUT2D eigenvalue weighted by molar-refractivity contribution is 0.0828. The number of aryl methyl sites for hydroxylation is 1. The summed E-state index contributed by atoms with van der Waals surface area (Å²) in [5.41, 5.74) is 2.24. The average Bonchev–Trinajstić information content (AvgIpc) is 2.62. The minimum absolute atomic E-state index is 0.0585. The predicted molar refractivity (Wildman–Crippen MR) is 110 cm³/mol. The maximum absolute atomic E-state index is 13.0. The molecule has 1 aliphatic heterocycles. The van der Waals surface area contributed by atoms with Crippen molar-refractivity contribution in [3.05, 3.63) is 39.4 Å². The van der Waals surface area contributed by atoms with E-state index in [4.69, 9.17) is 9.72 Å². The number of aromatic nitrogens is 2. The summed E-state index contributed by atoms with van der Waals surface area (Å²) in [6, 6.07) is 3.79. The molecule has 7 heteroatoms. The van der Waals surface area contributed by atoms with Gasteiger partial charge in [0.25, 0.3) is 5.56 Å². The van der Waals surface area contributed by atoms with E-state index in [0.29, 0.717) is 24.1 Å². The minimum atomic E-state index is -1.36. The molecule has 6 nitrogen and oxygen atoms in total. The van der Waals surface area contributed by atoms with Crippen molar-refractivity contribution < 1.29 is 9.29 Å². The lowest BCUT2D eigenvalue weighted by Crippen LogP contribution is -2.27. The highest BCUT2D eigenvalue weighted by atomic mass is 32.2. The van der Waals surface area contributed by atoms with Crippen LogP contribution in [0.15, 0.2) is 21.3 Å². The molecule has 2 heterocycles. The highest BCUT2D eigenvalue weighted by Gasteiger charge is 2.26. The molecule has 1 aromatic heterocycles. The molecule has 0 bridgehead atoms. The summed E-state index contributed by atoms with van der Waals surface area (Å²) in [4.78, 5) is 17.8. The van der Waals surface area contributed by atoms with Gasteiger partial charge in [-0.05, 0) is 58.2 Å². The van der Waals surface area contributed by atoms with Crippen LogP contribution in [0.25, 0.3) is 10.9 Å². The van der Waals surface area contributed by atoms with Gasteiger partial charge in [-0.2, -0.15) is 0 Å². The largest absolute Gasteiger partial charge is 0.591 e. The monoisotopic (exact) mass is 389 g/mol. The molecular weight excluding hydrogens is 362 g/mol. The maximum atomic E-state index is 13.0. The molecule has 0 amide bonds. The molecule has 1 atom stereocenters. The molecule has 0 N–H and O–H groups in total. The Morgan fingerprint density at radius 3 is 2.63 bits per heavy atom. The number of ether oxygens (including phenoxy) is 1. The van der Waals surface area contributed by atoms with Crippen LogP contribution < -0.4 is 5.56 Å². The van der Waals surface area contributed by atoms with Crippen molar-refractivity contribution in [1.82, 2.24) is 9.55 Å². The molecule has 2 aromatic rings. The summed E-state index contributed by atoms with van der Waals surface area (Å²) in [6.45, 7) is 8.95. The lowest BCUT2D eigenvalue weighted by Gasteiger charge is -2.23. The highest BCUT2D eigenvalue weighted by Crippen LogP contribution is 2.26. The van der Waals surface area contributed by atoms with Gasteiger partial charge in [-0.25, -0.2) is 4.98 Å². The topological polar surface area (TPSA) is 79.5 Å². The number of hydrogen-bond donors (Lipinski definition) is 0.